The number of ether oxygens (including phenoxy) is 1. The summed E-state index contributed by atoms with van der Waals surface area (Å²) in [6.45, 7) is 0. The van der Waals surface area contributed by atoms with Gasteiger partial charge in [-0.2, -0.15) is 0 Å². The van der Waals surface area contributed by atoms with Crippen LogP contribution in [0.4, 0.5) is 5.69 Å². The van der Waals surface area contributed by atoms with Crippen molar-refractivity contribution in [3.63, 3.8) is 0 Å². The number of carboxylic acid groups (broad SMARTS) is 1. The normalized spacial score (nSPS) is 23.6. The molecular formula is C12H16N2O3. The molecular weight excluding hydrogens is 220 g/mol. The minimum absolute atomic E-state index is 0.0641. The highest BCUT2D eigenvalue weighted by Crippen LogP contribution is 2.26. The predicted molar refractivity (Wildman–Crippen MR) is 63.3 cm³/mol. The second-order valence-electron chi connectivity index (χ2n) is 4.16. The van der Waals surface area contributed by atoms with Crippen molar-refractivity contribution in [3.8, 4) is 0 Å². The van der Waals surface area contributed by atoms with Gasteiger partial charge in [0, 0.05) is 13.3 Å². The Morgan fingerprint density at radius 2 is 2.41 bits per heavy atom. The summed E-state index contributed by atoms with van der Waals surface area (Å²) in [6.07, 6.45) is 4.73. The highest BCUT2D eigenvalue weighted by molar-refractivity contribution is 5.91. The molecule has 0 bridgehead atoms. The van der Waals surface area contributed by atoms with Crippen molar-refractivity contribution >= 4 is 11.7 Å². The Morgan fingerprint density at radius 3 is 3.12 bits per heavy atom. The fraction of sp³-hybridized carbons (Fsp3) is 0.500. The summed E-state index contributed by atoms with van der Waals surface area (Å²) >= 11 is 0. The van der Waals surface area contributed by atoms with Gasteiger partial charge in [-0.25, -0.2) is 9.78 Å². The van der Waals surface area contributed by atoms with Crippen LogP contribution in [-0.4, -0.2) is 35.3 Å². The standard InChI is InChI=1S/C12H16N2O3/c1-17-10-6-2-4-8(10)14-9-5-3-7-13-11(9)12(15)16/h3,5,7-8,10,14H,2,4,6H2,1H3,(H,15,16). The van der Waals surface area contributed by atoms with E-state index in [1.165, 1.54) is 6.20 Å². The molecule has 17 heavy (non-hydrogen) atoms. The van der Waals surface area contributed by atoms with Crippen LogP contribution in [0.2, 0.25) is 0 Å². The smallest absolute Gasteiger partial charge is 0.356 e. The summed E-state index contributed by atoms with van der Waals surface area (Å²) in [5, 5.41) is 12.3. The van der Waals surface area contributed by atoms with Gasteiger partial charge in [0.2, 0.25) is 0 Å². The van der Waals surface area contributed by atoms with Crippen LogP contribution in [0, 0.1) is 0 Å². The lowest BCUT2D eigenvalue weighted by atomic mass is 10.2. The average Bonchev–Trinajstić information content (AvgIpc) is 2.77. The highest BCUT2D eigenvalue weighted by Gasteiger charge is 2.28. The minimum Gasteiger partial charge on any atom is -0.476 e. The Kier molecular flexibility index (Phi) is 3.58. The van der Waals surface area contributed by atoms with E-state index in [0.29, 0.717) is 5.69 Å². The number of hydrogen-bond acceptors (Lipinski definition) is 4. The molecule has 0 saturated heterocycles. The average molecular weight is 236 g/mol. The summed E-state index contributed by atoms with van der Waals surface area (Å²) < 4.78 is 5.37. The van der Waals surface area contributed by atoms with Gasteiger partial charge in [0.1, 0.15) is 0 Å². The van der Waals surface area contributed by atoms with Crippen molar-refractivity contribution in [2.24, 2.45) is 0 Å². The van der Waals surface area contributed by atoms with Crippen LogP contribution in [-0.2, 0) is 4.74 Å². The predicted octanol–water partition coefficient (Wildman–Crippen LogP) is 1.76. The van der Waals surface area contributed by atoms with Crippen LogP contribution in [0.1, 0.15) is 29.8 Å². The number of hydrogen-bond donors (Lipinski definition) is 2. The number of carbonyl (C=O) groups is 1. The summed E-state index contributed by atoms with van der Waals surface area (Å²) in [4.78, 5) is 14.9. The molecule has 0 spiro atoms. The maximum Gasteiger partial charge on any atom is 0.356 e. The maximum atomic E-state index is 11.0. The molecule has 1 fully saturated rings. The molecule has 2 rings (SSSR count). The number of nitrogens with one attached hydrogen (secondary N) is 1. The fourth-order valence-electron chi connectivity index (χ4n) is 2.27. The summed E-state index contributed by atoms with van der Waals surface area (Å²) in [5.74, 6) is -1.01. The third kappa shape index (κ3) is 2.55. The summed E-state index contributed by atoms with van der Waals surface area (Å²) in [6, 6.07) is 3.63. The van der Waals surface area contributed by atoms with E-state index < -0.39 is 5.97 Å². The lowest BCUT2D eigenvalue weighted by Crippen LogP contribution is -2.30. The molecule has 2 N–H and O–H groups in total. The van der Waals surface area contributed by atoms with E-state index in [1.54, 1.807) is 19.2 Å². The monoisotopic (exact) mass is 236 g/mol. The Labute approximate surface area is 99.8 Å². The van der Waals surface area contributed by atoms with Crippen LogP contribution >= 0.6 is 0 Å². The molecule has 2 unspecified atom stereocenters. The fourth-order valence-corrected chi connectivity index (χ4v) is 2.27. The molecule has 1 saturated carbocycles. The SMILES string of the molecule is COC1CCCC1Nc1cccnc1C(=O)O. The Bertz CT molecular complexity index is 408. The molecule has 1 heterocycles. The van der Waals surface area contributed by atoms with Crippen molar-refractivity contribution in [3.05, 3.63) is 24.0 Å². The highest BCUT2D eigenvalue weighted by atomic mass is 16.5. The lowest BCUT2D eigenvalue weighted by molar-refractivity contribution is 0.0691. The van der Waals surface area contributed by atoms with E-state index in [2.05, 4.69) is 10.3 Å². The topological polar surface area (TPSA) is 71.5 Å². The van der Waals surface area contributed by atoms with Crippen molar-refractivity contribution in [2.75, 3.05) is 12.4 Å². The molecule has 1 aliphatic carbocycles. The van der Waals surface area contributed by atoms with E-state index >= 15 is 0 Å². The Morgan fingerprint density at radius 1 is 1.59 bits per heavy atom. The molecule has 5 nitrogen and oxygen atoms in total. The maximum absolute atomic E-state index is 11.0. The minimum atomic E-state index is -1.01. The molecule has 1 aromatic heterocycles. The van der Waals surface area contributed by atoms with Crippen LogP contribution in [0.15, 0.2) is 18.3 Å². The summed E-state index contributed by atoms with van der Waals surface area (Å²) in [7, 11) is 1.69. The first-order valence-corrected chi connectivity index (χ1v) is 5.70. The largest absolute Gasteiger partial charge is 0.476 e. The van der Waals surface area contributed by atoms with E-state index in [1.807, 2.05) is 0 Å². The number of aromatic carboxylic acids is 1. The molecule has 0 aliphatic heterocycles. The van der Waals surface area contributed by atoms with E-state index in [9.17, 15) is 4.79 Å². The van der Waals surface area contributed by atoms with Gasteiger partial charge < -0.3 is 15.2 Å². The first-order valence-electron chi connectivity index (χ1n) is 5.70. The lowest BCUT2D eigenvalue weighted by Gasteiger charge is -2.21. The first kappa shape index (κ1) is 11.9. The molecule has 0 aromatic carbocycles. The van der Waals surface area contributed by atoms with Crippen molar-refractivity contribution in [2.45, 2.75) is 31.4 Å². The van der Waals surface area contributed by atoms with Gasteiger partial charge in [0.05, 0.1) is 17.8 Å². The number of methoxy groups -OCH3 is 1. The molecule has 2 atom stereocenters. The quantitative estimate of drug-likeness (QED) is 0.833. The van der Waals surface area contributed by atoms with Crippen molar-refractivity contribution < 1.29 is 14.6 Å². The van der Waals surface area contributed by atoms with Crippen molar-refractivity contribution in [1.82, 2.24) is 4.98 Å². The Hall–Kier alpha value is -1.62. The zero-order chi connectivity index (χ0) is 12.3. The van der Waals surface area contributed by atoms with Gasteiger partial charge in [-0.3, -0.25) is 0 Å². The van der Waals surface area contributed by atoms with Gasteiger partial charge in [0.15, 0.2) is 5.69 Å². The number of nitrogens with zero attached hydrogens (tertiary/aromatic N) is 1. The molecule has 0 amide bonds. The Balaban J connectivity index is 2.15. The van der Waals surface area contributed by atoms with Gasteiger partial charge >= 0.3 is 5.97 Å². The van der Waals surface area contributed by atoms with Crippen LogP contribution in [0.3, 0.4) is 0 Å². The van der Waals surface area contributed by atoms with E-state index in [-0.39, 0.29) is 17.8 Å². The second kappa shape index (κ2) is 5.14. The third-order valence-electron chi connectivity index (χ3n) is 3.11. The van der Waals surface area contributed by atoms with E-state index in [4.69, 9.17) is 9.84 Å². The molecule has 1 aliphatic rings. The van der Waals surface area contributed by atoms with Crippen LogP contribution in [0.25, 0.3) is 0 Å². The van der Waals surface area contributed by atoms with E-state index in [0.717, 1.165) is 19.3 Å². The first-order chi connectivity index (χ1) is 8.22. The van der Waals surface area contributed by atoms with Crippen LogP contribution < -0.4 is 5.32 Å². The zero-order valence-electron chi connectivity index (χ0n) is 9.72. The third-order valence-corrected chi connectivity index (χ3v) is 3.11. The second-order valence-corrected chi connectivity index (χ2v) is 4.16. The zero-order valence-corrected chi connectivity index (χ0v) is 9.72. The van der Waals surface area contributed by atoms with Gasteiger partial charge in [-0.1, -0.05) is 0 Å². The van der Waals surface area contributed by atoms with Gasteiger partial charge in [-0.15, -0.1) is 0 Å². The van der Waals surface area contributed by atoms with Gasteiger partial charge in [0.25, 0.3) is 0 Å². The number of carboxylic acids is 1. The molecule has 1 aromatic rings. The summed E-state index contributed by atoms with van der Waals surface area (Å²) in [5.41, 5.74) is 0.628. The number of anilines is 1. The molecule has 5 heteroatoms. The number of rotatable bonds is 4. The number of aromatic nitrogens is 1. The number of pyridine rings is 1. The van der Waals surface area contributed by atoms with Crippen molar-refractivity contribution in [1.29, 1.82) is 0 Å². The molecule has 92 valence electrons. The van der Waals surface area contributed by atoms with Crippen LogP contribution in [0.5, 0.6) is 0 Å². The van der Waals surface area contributed by atoms with Gasteiger partial charge in [-0.05, 0) is 31.4 Å². The molecule has 0 radical (unpaired) electrons.